The Hall–Kier alpha value is -2.08. The average molecular weight is 291 g/mol. The Bertz CT molecular complexity index is 581. The van der Waals surface area contributed by atoms with Crippen LogP contribution in [-0.4, -0.2) is 23.3 Å². The van der Waals surface area contributed by atoms with Crippen LogP contribution in [0.25, 0.3) is 0 Å². The van der Waals surface area contributed by atoms with Crippen molar-refractivity contribution in [1.29, 1.82) is 0 Å². The van der Waals surface area contributed by atoms with Crippen molar-refractivity contribution in [3.8, 4) is 11.5 Å². The topological polar surface area (TPSA) is 69.4 Å². The lowest BCUT2D eigenvalue weighted by Gasteiger charge is -2.13. The first-order valence-corrected chi connectivity index (χ1v) is 6.90. The van der Waals surface area contributed by atoms with Crippen LogP contribution in [0.5, 0.6) is 11.5 Å². The predicted molar refractivity (Wildman–Crippen MR) is 78.3 cm³/mol. The highest BCUT2D eigenvalue weighted by Crippen LogP contribution is 2.28. The summed E-state index contributed by atoms with van der Waals surface area (Å²) in [5, 5.41) is 7.17. The lowest BCUT2D eigenvalue weighted by molar-refractivity contribution is 0.269. The summed E-state index contributed by atoms with van der Waals surface area (Å²) in [4.78, 5) is 4.11. The van der Waals surface area contributed by atoms with Gasteiger partial charge in [0.2, 0.25) is 11.7 Å². The summed E-state index contributed by atoms with van der Waals surface area (Å²) in [7, 11) is 1.62. The average Bonchev–Trinajstić information content (AvgIpc) is 2.88. The molecule has 0 aliphatic rings. The van der Waals surface area contributed by atoms with Gasteiger partial charge in [0.05, 0.1) is 7.11 Å². The number of hydrogen-bond donors (Lipinski definition) is 1. The molecular formula is C15H21N3O3. The minimum atomic E-state index is 0.245. The molecule has 1 aromatic carbocycles. The van der Waals surface area contributed by atoms with E-state index in [2.05, 4.69) is 29.3 Å². The number of ether oxygens (including phenoxy) is 2. The highest BCUT2D eigenvalue weighted by Gasteiger charge is 2.09. The van der Waals surface area contributed by atoms with Crippen molar-refractivity contribution in [1.82, 2.24) is 15.5 Å². The van der Waals surface area contributed by atoms with E-state index in [1.54, 1.807) is 14.0 Å². The largest absolute Gasteiger partial charge is 0.493 e. The van der Waals surface area contributed by atoms with Crippen LogP contribution in [0.3, 0.4) is 0 Å². The molecule has 1 aromatic heterocycles. The third-order valence-electron chi connectivity index (χ3n) is 2.87. The molecule has 2 aromatic rings. The molecule has 114 valence electrons. The van der Waals surface area contributed by atoms with Gasteiger partial charge in [0.15, 0.2) is 18.1 Å². The first-order valence-electron chi connectivity index (χ1n) is 6.90. The van der Waals surface area contributed by atoms with E-state index in [-0.39, 0.29) is 6.61 Å². The second-order valence-corrected chi connectivity index (χ2v) is 5.04. The van der Waals surface area contributed by atoms with Gasteiger partial charge in [0.25, 0.3) is 0 Å². The monoisotopic (exact) mass is 291 g/mol. The van der Waals surface area contributed by atoms with Crippen LogP contribution in [0.15, 0.2) is 22.7 Å². The van der Waals surface area contributed by atoms with E-state index in [4.69, 9.17) is 14.0 Å². The van der Waals surface area contributed by atoms with Gasteiger partial charge in [0, 0.05) is 19.5 Å². The molecule has 0 aliphatic heterocycles. The summed E-state index contributed by atoms with van der Waals surface area (Å²) in [6, 6.07) is 6.30. The fourth-order valence-electron chi connectivity index (χ4n) is 1.81. The molecule has 0 unspecified atom stereocenters. The smallest absolute Gasteiger partial charge is 0.223 e. The van der Waals surface area contributed by atoms with Gasteiger partial charge in [0.1, 0.15) is 0 Å². The lowest BCUT2D eigenvalue weighted by Crippen LogP contribution is -2.21. The summed E-state index contributed by atoms with van der Waals surface area (Å²) >= 11 is 0. The Morgan fingerprint density at radius 2 is 2.10 bits per heavy atom. The summed E-state index contributed by atoms with van der Waals surface area (Å²) in [6.07, 6.45) is 0. The van der Waals surface area contributed by atoms with Crippen molar-refractivity contribution in [2.45, 2.75) is 40.0 Å². The van der Waals surface area contributed by atoms with E-state index >= 15 is 0 Å². The molecule has 0 amide bonds. The molecule has 0 saturated carbocycles. The molecule has 1 heterocycles. The fourth-order valence-corrected chi connectivity index (χ4v) is 1.81. The van der Waals surface area contributed by atoms with Crippen LogP contribution in [0.1, 0.15) is 31.1 Å². The molecule has 0 atom stereocenters. The number of hydrogen-bond acceptors (Lipinski definition) is 6. The highest BCUT2D eigenvalue weighted by molar-refractivity contribution is 5.43. The summed E-state index contributed by atoms with van der Waals surface area (Å²) < 4.78 is 16.0. The molecule has 2 rings (SSSR count). The summed E-state index contributed by atoms with van der Waals surface area (Å²) in [5.41, 5.74) is 1.13. The Labute approximate surface area is 124 Å². The maximum Gasteiger partial charge on any atom is 0.223 e. The van der Waals surface area contributed by atoms with Crippen molar-refractivity contribution in [3.05, 3.63) is 35.5 Å². The van der Waals surface area contributed by atoms with Crippen LogP contribution in [0, 0.1) is 6.92 Å². The summed E-state index contributed by atoms with van der Waals surface area (Å²) in [5.74, 6) is 2.39. The second-order valence-electron chi connectivity index (χ2n) is 5.04. The number of benzene rings is 1. The third kappa shape index (κ3) is 4.46. The van der Waals surface area contributed by atoms with Crippen LogP contribution < -0.4 is 14.8 Å². The zero-order valence-electron chi connectivity index (χ0n) is 12.8. The zero-order chi connectivity index (χ0) is 15.2. The van der Waals surface area contributed by atoms with Crippen molar-refractivity contribution < 1.29 is 14.0 Å². The molecule has 0 aliphatic carbocycles. The maximum absolute atomic E-state index is 5.74. The molecule has 0 radical (unpaired) electrons. The quantitative estimate of drug-likeness (QED) is 0.845. The molecule has 0 fully saturated rings. The first-order chi connectivity index (χ1) is 10.1. The van der Waals surface area contributed by atoms with Gasteiger partial charge in [-0.15, -0.1) is 0 Å². The molecule has 21 heavy (non-hydrogen) atoms. The van der Waals surface area contributed by atoms with Crippen molar-refractivity contribution in [2.75, 3.05) is 7.11 Å². The number of aromatic nitrogens is 2. The number of methoxy groups -OCH3 is 1. The van der Waals surface area contributed by atoms with Crippen LogP contribution in [-0.2, 0) is 13.2 Å². The highest BCUT2D eigenvalue weighted by atomic mass is 16.5. The van der Waals surface area contributed by atoms with E-state index in [0.29, 0.717) is 29.3 Å². The van der Waals surface area contributed by atoms with Crippen molar-refractivity contribution in [3.63, 3.8) is 0 Å². The minimum absolute atomic E-state index is 0.245. The SMILES string of the molecule is COc1ccc(CNC(C)C)cc1OCc1noc(C)n1. The Kier molecular flexibility index (Phi) is 5.16. The van der Waals surface area contributed by atoms with E-state index in [1.807, 2.05) is 18.2 Å². The molecule has 1 N–H and O–H groups in total. The van der Waals surface area contributed by atoms with Gasteiger partial charge in [-0.1, -0.05) is 25.1 Å². The predicted octanol–water partition coefficient (Wildman–Crippen LogP) is 2.46. The second kappa shape index (κ2) is 7.08. The van der Waals surface area contributed by atoms with Crippen LogP contribution in [0.2, 0.25) is 0 Å². The van der Waals surface area contributed by atoms with Gasteiger partial charge in [-0.25, -0.2) is 0 Å². The van der Waals surface area contributed by atoms with Crippen molar-refractivity contribution >= 4 is 0 Å². The number of nitrogens with zero attached hydrogens (tertiary/aromatic N) is 2. The maximum atomic E-state index is 5.74. The normalized spacial score (nSPS) is 10.9. The number of rotatable bonds is 7. The fraction of sp³-hybridized carbons (Fsp3) is 0.467. The van der Waals surface area contributed by atoms with Crippen LogP contribution >= 0.6 is 0 Å². The van der Waals surface area contributed by atoms with Gasteiger partial charge >= 0.3 is 0 Å². The Balaban J connectivity index is 2.06. The molecule has 0 spiro atoms. The minimum Gasteiger partial charge on any atom is -0.493 e. The molecule has 0 bridgehead atoms. The van der Waals surface area contributed by atoms with Gasteiger partial charge in [-0.3, -0.25) is 0 Å². The Morgan fingerprint density at radius 1 is 1.29 bits per heavy atom. The van der Waals surface area contributed by atoms with Gasteiger partial charge in [-0.05, 0) is 17.7 Å². The standard InChI is InChI=1S/C15H21N3O3/c1-10(2)16-8-12-5-6-13(19-4)14(7-12)20-9-15-17-11(3)21-18-15/h5-7,10,16H,8-9H2,1-4H3. The van der Waals surface area contributed by atoms with Gasteiger partial charge < -0.3 is 19.3 Å². The van der Waals surface area contributed by atoms with Gasteiger partial charge in [-0.2, -0.15) is 4.98 Å². The first kappa shape index (κ1) is 15.3. The van der Waals surface area contributed by atoms with Crippen LogP contribution in [0.4, 0.5) is 0 Å². The molecular weight excluding hydrogens is 270 g/mol. The van der Waals surface area contributed by atoms with Crippen molar-refractivity contribution in [2.24, 2.45) is 0 Å². The van der Waals surface area contributed by atoms with E-state index in [0.717, 1.165) is 12.1 Å². The third-order valence-corrected chi connectivity index (χ3v) is 2.87. The molecule has 6 nitrogen and oxygen atoms in total. The number of aryl methyl sites for hydroxylation is 1. The lowest BCUT2D eigenvalue weighted by atomic mass is 10.2. The molecule has 0 saturated heterocycles. The summed E-state index contributed by atoms with van der Waals surface area (Å²) in [6.45, 7) is 6.99. The zero-order valence-corrected chi connectivity index (χ0v) is 12.8. The van der Waals surface area contributed by atoms with E-state index in [1.165, 1.54) is 0 Å². The molecule has 6 heteroatoms. The van der Waals surface area contributed by atoms with E-state index < -0.39 is 0 Å². The van der Waals surface area contributed by atoms with E-state index in [9.17, 15) is 0 Å². The Morgan fingerprint density at radius 3 is 2.71 bits per heavy atom. The number of nitrogens with one attached hydrogen (secondary N) is 1.